The first-order chi connectivity index (χ1) is 7.20. The molecule has 0 saturated carbocycles. The van der Waals surface area contributed by atoms with Crippen molar-refractivity contribution in [2.24, 2.45) is 0 Å². The Morgan fingerprint density at radius 2 is 1.73 bits per heavy atom. The predicted molar refractivity (Wildman–Crippen MR) is 57.7 cm³/mol. The van der Waals surface area contributed by atoms with Gasteiger partial charge in [0, 0.05) is 11.6 Å². The number of nitrogens with zero attached hydrogens (tertiary/aromatic N) is 1. The second-order valence-electron chi connectivity index (χ2n) is 2.89. The zero-order chi connectivity index (χ0) is 11.4. The molecule has 0 atom stereocenters. The van der Waals surface area contributed by atoms with Crippen molar-refractivity contribution < 1.29 is 8.78 Å². The van der Waals surface area contributed by atoms with Gasteiger partial charge in [-0.15, -0.1) is 0 Å². The lowest BCUT2D eigenvalue weighted by Gasteiger charge is -2.01. The van der Waals surface area contributed by atoms with Gasteiger partial charge in [0.05, 0.1) is 0 Å². The molecule has 2 rings (SSSR count). The molecule has 0 radical (unpaired) electrons. The third-order valence-electron chi connectivity index (χ3n) is 2.02. The summed E-state index contributed by atoms with van der Waals surface area (Å²) in [6.07, 6.45) is 1.47. The second kappa shape index (κ2) is 4.82. The molecule has 0 spiro atoms. The molecular formula is C12H13F2N. The molecule has 0 N–H and O–H groups in total. The van der Waals surface area contributed by atoms with Crippen LogP contribution in [0.3, 0.4) is 0 Å². The van der Waals surface area contributed by atoms with Crippen molar-refractivity contribution in [2.75, 3.05) is 0 Å². The summed E-state index contributed by atoms with van der Waals surface area (Å²) >= 11 is 0. The van der Waals surface area contributed by atoms with Crippen LogP contribution in [0, 0.1) is 18.6 Å². The van der Waals surface area contributed by atoms with Gasteiger partial charge < -0.3 is 0 Å². The van der Waals surface area contributed by atoms with Crippen LogP contribution in [0.2, 0.25) is 0 Å². The summed E-state index contributed by atoms with van der Waals surface area (Å²) in [5.41, 5.74) is 0.990. The molecule has 3 heteroatoms. The van der Waals surface area contributed by atoms with Gasteiger partial charge in [0.1, 0.15) is 5.52 Å². The summed E-state index contributed by atoms with van der Waals surface area (Å²) in [7, 11) is 0. The molecular weight excluding hydrogens is 196 g/mol. The minimum Gasteiger partial charge on any atom is -0.253 e. The summed E-state index contributed by atoms with van der Waals surface area (Å²) in [4.78, 5) is 3.79. The molecule has 1 heterocycles. The van der Waals surface area contributed by atoms with E-state index >= 15 is 0 Å². The average Bonchev–Trinajstić information content (AvgIpc) is 2.27. The average molecular weight is 209 g/mol. The molecule has 1 aromatic carbocycles. The van der Waals surface area contributed by atoms with Crippen molar-refractivity contribution in [3.8, 4) is 0 Å². The largest absolute Gasteiger partial charge is 0.253 e. The Morgan fingerprint density at radius 3 is 2.40 bits per heavy atom. The van der Waals surface area contributed by atoms with Crippen molar-refractivity contribution in [3.05, 3.63) is 41.6 Å². The fourth-order valence-corrected chi connectivity index (χ4v) is 1.30. The van der Waals surface area contributed by atoms with Gasteiger partial charge in [-0.2, -0.15) is 0 Å². The van der Waals surface area contributed by atoms with Gasteiger partial charge in [-0.3, -0.25) is 4.98 Å². The maximum atomic E-state index is 13.1. The first kappa shape index (κ1) is 11.6. The van der Waals surface area contributed by atoms with E-state index in [4.69, 9.17) is 0 Å². The normalized spacial score (nSPS) is 9.67. The monoisotopic (exact) mass is 209 g/mol. The number of aromatic nitrogens is 1. The summed E-state index contributed by atoms with van der Waals surface area (Å²) in [5, 5.41) is 0.654. The number of benzene rings is 1. The number of pyridine rings is 1. The van der Waals surface area contributed by atoms with E-state index in [1.165, 1.54) is 12.3 Å². The molecule has 0 aliphatic heterocycles. The van der Waals surface area contributed by atoms with E-state index in [0.29, 0.717) is 5.39 Å². The SMILES string of the molecule is CC.Cc1ccnc2c(F)c(F)ccc12. The first-order valence-electron chi connectivity index (χ1n) is 4.89. The van der Waals surface area contributed by atoms with Gasteiger partial charge in [0.25, 0.3) is 0 Å². The maximum Gasteiger partial charge on any atom is 0.184 e. The van der Waals surface area contributed by atoms with Crippen molar-refractivity contribution >= 4 is 10.9 Å². The van der Waals surface area contributed by atoms with E-state index in [9.17, 15) is 8.78 Å². The Morgan fingerprint density at radius 1 is 1.07 bits per heavy atom. The van der Waals surface area contributed by atoms with Gasteiger partial charge in [-0.25, -0.2) is 8.78 Å². The van der Waals surface area contributed by atoms with Crippen LogP contribution < -0.4 is 0 Å². The van der Waals surface area contributed by atoms with E-state index in [1.54, 1.807) is 6.07 Å². The van der Waals surface area contributed by atoms with Crippen LogP contribution in [-0.4, -0.2) is 4.98 Å². The van der Waals surface area contributed by atoms with Crippen LogP contribution >= 0.6 is 0 Å². The number of fused-ring (bicyclic) bond motifs is 1. The molecule has 15 heavy (non-hydrogen) atoms. The Hall–Kier alpha value is -1.51. The number of aryl methyl sites for hydroxylation is 1. The number of rotatable bonds is 0. The van der Waals surface area contributed by atoms with Gasteiger partial charge in [-0.1, -0.05) is 13.8 Å². The summed E-state index contributed by atoms with van der Waals surface area (Å²) in [6.45, 7) is 5.83. The minimum atomic E-state index is -0.874. The highest BCUT2D eigenvalue weighted by atomic mass is 19.2. The van der Waals surface area contributed by atoms with Gasteiger partial charge in [-0.05, 0) is 30.7 Å². The lowest BCUT2D eigenvalue weighted by molar-refractivity contribution is 0.515. The third-order valence-corrected chi connectivity index (χ3v) is 2.02. The highest BCUT2D eigenvalue weighted by Gasteiger charge is 2.08. The molecule has 0 unspecified atom stereocenters. The standard InChI is InChI=1S/C10H7F2N.C2H6/c1-6-4-5-13-10-7(6)2-3-8(11)9(10)12;1-2/h2-5H,1H3;1-2H3. The van der Waals surface area contributed by atoms with E-state index < -0.39 is 11.6 Å². The van der Waals surface area contributed by atoms with E-state index in [-0.39, 0.29) is 5.52 Å². The number of halogens is 2. The van der Waals surface area contributed by atoms with Crippen LogP contribution in [0.15, 0.2) is 24.4 Å². The van der Waals surface area contributed by atoms with Crippen LogP contribution in [0.4, 0.5) is 8.78 Å². The summed E-state index contributed by atoms with van der Waals surface area (Å²) in [5.74, 6) is -1.73. The molecule has 2 aromatic rings. The third kappa shape index (κ3) is 2.12. The topological polar surface area (TPSA) is 12.9 Å². The van der Waals surface area contributed by atoms with Crippen molar-refractivity contribution in [1.29, 1.82) is 0 Å². The van der Waals surface area contributed by atoms with Crippen LogP contribution in [0.1, 0.15) is 19.4 Å². The Bertz CT molecular complexity index is 466. The van der Waals surface area contributed by atoms with Crippen molar-refractivity contribution in [1.82, 2.24) is 4.98 Å². The van der Waals surface area contributed by atoms with Gasteiger partial charge >= 0.3 is 0 Å². The Labute approximate surface area is 87.8 Å². The highest BCUT2D eigenvalue weighted by molar-refractivity contribution is 5.82. The zero-order valence-corrected chi connectivity index (χ0v) is 9.01. The number of hydrogen-bond donors (Lipinski definition) is 0. The van der Waals surface area contributed by atoms with E-state index in [0.717, 1.165) is 11.6 Å². The predicted octanol–water partition coefficient (Wildman–Crippen LogP) is 3.85. The maximum absolute atomic E-state index is 13.1. The minimum absolute atomic E-state index is 0.0972. The highest BCUT2D eigenvalue weighted by Crippen LogP contribution is 2.20. The Balaban J connectivity index is 0.000000531. The van der Waals surface area contributed by atoms with E-state index in [2.05, 4.69) is 4.98 Å². The molecule has 80 valence electrons. The number of hydrogen-bond acceptors (Lipinski definition) is 1. The molecule has 0 bridgehead atoms. The first-order valence-corrected chi connectivity index (χ1v) is 4.89. The quantitative estimate of drug-likeness (QED) is 0.642. The van der Waals surface area contributed by atoms with Crippen LogP contribution in [-0.2, 0) is 0 Å². The fraction of sp³-hybridized carbons (Fsp3) is 0.250. The lowest BCUT2D eigenvalue weighted by atomic mass is 10.1. The molecule has 0 saturated heterocycles. The zero-order valence-electron chi connectivity index (χ0n) is 9.01. The molecule has 0 amide bonds. The lowest BCUT2D eigenvalue weighted by Crippen LogP contribution is -1.90. The molecule has 0 aliphatic carbocycles. The molecule has 1 aromatic heterocycles. The van der Waals surface area contributed by atoms with Crippen molar-refractivity contribution in [3.63, 3.8) is 0 Å². The van der Waals surface area contributed by atoms with E-state index in [1.807, 2.05) is 20.8 Å². The molecule has 0 aliphatic rings. The smallest absolute Gasteiger partial charge is 0.184 e. The molecule has 0 fully saturated rings. The fourth-order valence-electron chi connectivity index (χ4n) is 1.30. The van der Waals surface area contributed by atoms with Crippen LogP contribution in [0.25, 0.3) is 10.9 Å². The summed E-state index contributed by atoms with van der Waals surface area (Å²) in [6, 6.07) is 4.42. The second-order valence-corrected chi connectivity index (χ2v) is 2.89. The Kier molecular flexibility index (Phi) is 3.72. The molecule has 1 nitrogen and oxygen atoms in total. The van der Waals surface area contributed by atoms with Gasteiger partial charge in [0.15, 0.2) is 11.6 Å². The van der Waals surface area contributed by atoms with Gasteiger partial charge in [0.2, 0.25) is 0 Å². The summed E-state index contributed by atoms with van der Waals surface area (Å²) < 4.78 is 25.9. The van der Waals surface area contributed by atoms with Crippen molar-refractivity contribution in [2.45, 2.75) is 20.8 Å². The van der Waals surface area contributed by atoms with Crippen LogP contribution in [0.5, 0.6) is 0 Å².